The number of aryl methyl sites for hydroxylation is 2. The van der Waals surface area contributed by atoms with Gasteiger partial charge in [-0.25, -0.2) is 4.98 Å². The molecule has 0 saturated carbocycles. The van der Waals surface area contributed by atoms with Gasteiger partial charge in [0.05, 0.1) is 5.69 Å². The molecule has 0 bridgehead atoms. The Labute approximate surface area is 160 Å². The number of hydrogen-bond acceptors (Lipinski definition) is 2. The van der Waals surface area contributed by atoms with E-state index in [1.165, 1.54) is 23.1 Å². The molecule has 0 spiro atoms. The lowest BCUT2D eigenvalue weighted by Gasteiger charge is -2.29. The molecule has 4 heteroatoms. The maximum absolute atomic E-state index is 13.1. The lowest BCUT2D eigenvalue weighted by Crippen LogP contribution is -2.36. The number of imidazole rings is 1. The lowest BCUT2D eigenvalue weighted by atomic mass is 9.89. The van der Waals surface area contributed by atoms with Crippen LogP contribution in [0.15, 0.2) is 48.8 Å². The van der Waals surface area contributed by atoms with Gasteiger partial charge in [-0.1, -0.05) is 24.3 Å². The molecule has 3 aromatic rings. The van der Waals surface area contributed by atoms with E-state index in [9.17, 15) is 4.79 Å². The van der Waals surface area contributed by atoms with Gasteiger partial charge < -0.3 is 9.30 Å². The van der Waals surface area contributed by atoms with E-state index in [0.717, 1.165) is 37.3 Å². The number of amides is 1. The van der Waals surface area contributed by atoms with Crippen LogP contribution in [-0.2, 0) is 4.79 Å². The quantitative estimate of drug-likeness (QED) is 0.687. The highest BCUT2D eigenvalue weighted by Gasteiger charge is 2.26. The number of carbonyl (C=O) groups is 1. The Bertz CT molecular complexity index is 953. The molecule has 1 amide bonds. The number of likely N-dealkylation sites (tertiary alicyclic amines) is 1. The van der Waals surface area contributed by atoms with E-state index in [0.29, 0.717) is 6.42 Å². The van der Waals surface area contributed by atoms with Crippen LogP contribution in [-0.4, -0.2) is 33.3 Å². The zero-order chi connectivity index (χ0) is 18.8. The van der Waals surface area contributed by atoms with Gasteiger partial charge in [0.2, 0.25) is 5.91 Å². The van der Waals surface area contributed by atoms with Crippen LogP contribution in [0.1, 0.15) is 54.0 Å². The summed E-state index contributed by atoms with van der Waals surface area (Å²) < 4.78 is 2.13. The van der Waals surface area contributed by atoms with Crippen molar-refractivity contribution >= 4 is 11.6 Å². The summed E-state index contributed by atoms with van der Waals surface area (Å²) in [6, 6.07) is 12.6. The van der Waals surface area contributed by atoms with Crippen molar-refractivity contribution in [1.29, 1.82) is 0 Å². The van der Waals surface area contributed by atoms with Crippen molar-refractivity contribution in [2.45, 2.75) is 45.4 Å². The minimum atomic E-state index is 0.0123. The maximum Gasteiger partial charge on any atom is 0.223 e. The molecule has 1 aliphatic heterocycles. The second kappa shape index (κ2) is 7.55. The molecule has 1 saturated heterocycles. The number of nitrogens with zero attached hydrogens (tertiary/aromatic N) is 3. The highest BCUT2D eigenvalue weighted by molar-refractivity contribution is 5.78. The van der Waals surface area contributed by atoms with E-state index in [-0.39, 0.29) is 11.8 Å². The first-order valence-corrected chi connectivity index (χ1v) is 9.90. The predicted molar refractivity (Wildman–Crippen MR) is 108 cm³/mol. The van der Waals surface area contributed by atoms with Gasteiger partial charge in [0.25, 0.3) is 0 Å². The van der Waals surface area contributed by atoms with Gasteiger partial charge in [-0.05, 0) is 61.9 Å². The van der Waals surface area contributed by atoms with Crippen molar-refractivity contribution < 1.29 is 4.79 Å². The minimum absolute atomic E-state index is 0.0123. The molecular formula is C23H27N3O. The molecule has 2 aromatic heterocycles. The molecule has 3 heterocycles. The Hall–Kier alpha value is -2.62. The summed E-state index contributed by atoms with van der Waals surface area (Å²) in [5, 5.41) is 0. The Kier molecular flexibility index (Phi) is 4.97. The van der Waals surface area contributed by atoms with Crippen LogP contribution in [0, 0.1) is 13.8 Å². The Morgan fingerprint density at radius 2 is 1.89 bits per heavy atom. The van der Waals surface area contributed by atoms with Crippen LogP contribution in [0.4, 0.5) is 0 Å². The van der Waals surface area contributed by atoms with Crippen molar-refractivity contribution in [3.63, 3.8) is 0 Å². The number of pyridine rings is 1. The van der Waals surface area contributed by atoms with E-state index in [1.807, 2.05) is 11.1 Å². The molecule has 1 atom stereocenters. The predicted octanol–water partition coefficient (Wildman–Crippen LogP) is 4.49. The van der Waals surface area contributed by atoms with E-state index < -0.39 is 0 Å². The second-order valence-corrected chi connectivity index (χ2v) is 7.67. The lowest BCUT2D eigenvalue weighted by molar-refractivity contribution is -0.132. The van der Waals surface area contributed by atoms with Gasteiger partial charge >= 0.3 is 0 Å². The molecule has 4 nitrogen and oxygen atoms in total. The largest absolute Gasteiger partial charge is 0.343 e. The summed E-state index contributed by atoms with van der Waals surface area (Å²) in [6.07, 6.45) is 7.98. The smallest absolute Gasteiger partial charge is 0.223 e. The molecule has 0 unspecified atom stereocenters. The second-order valence-electron chi connectivity index (χ2n) is 7.67. The number of carbonyl (C=O) groups excluding carboxylic acids is 1. The number of rotatable bonds is 4. The Morgan fingerprint density at radius 3 is 2.67 bits per heavy atom. The molecule has 1 aromatic carbocycles. The summed E-state index contributed by atoms with van der Waals surface area (Å²) in [5.74, 6) is 0.267. The van der Waals surface area contributed by atoms with Gasteiger partial charge in [-0.2, -0.15) is 0 Å². The standard InChI is InChI=1S/C23H27N3O/c1-17-10-13-26-21(16-24-22(26)14-17)20(19-9-5-4-8-18(19)2)15-23(27)25-11-6-3-7-12-25/h4-5,8-10,13-14,16,20H,3,6-7,11-12,15H2,1-2H3/t20-/m1/s1. The number of aromatic nitrogens is 2. The molecule has 1 fully saturated rings. The third-order valence-electron chi connectivity index (χ3n) is 5.71. The summed E-state index contributed by atoms with van der Waals surface area (Å²) in [4.78, 5) is 19.7. The van der Waals surface area contributed by atoms with Crippen molar-refractivity contribution in [1.82, 2.24) is 14.3 Å². The van der Waals surface area contributed by atoms with Crippen molar-refractivity contribution in [2.24, 2.45) is 0 Å². The fourth-order valence-corrected chi connectivity index (χ4v) is 4.16. The summed E-state index contributed by atoms with van der Waals surface area (Å²) in [6.45, 7) is 5.99. The van der Waals surface area contributed by atoms with Crippen LogP contribution < -0.4 is 0 Å². The van der Waals surface area contributed by atoms with Gasteiger partial charge in [0.15, 0.2) is 0 Å². The van der Waals surface area contributed by atoms with Crippen LogP contribution >= 0.6 is 0 Å². The average Bonchev–Trinajstić information content (AvgIpc) is 3.10. The van der Waals surface area contributed by atoms with Gasteiger partial charge in [-0.15, -0.1) is 0 Å². The molecule has 0 radical (unpaired) electrons. The molecular weight excluding hydrogens is 334 g/mol. The number of fused-ring (bicyclic) bond motifs is 1. The highest BCUT2D eigenvalue weighted by Crippen LogP contribution is 2.32. The Balaban J connectivity index is 1.73. The summed E-state index contributed by atoms with van der Waals surface area (Å²) in [5.41, 5.74) is 5.65. The van der Waals surface area contributed by atoms with Crippen molar-refractivity contribution in [3.8, 4) is 0 Å². The molecule has 1 aliphatic rings. The SMILES string of the molecule is Cc1ccn2c([C@H](CC(=O)N3CCCCC3)c3ccccc3C)cnc2c1. The van der Waals surface area contributed by atoms with Crippen LogP contribution in [0.3, 0.4) is 0 Å². The van der Waals surface area contributed by atoms with Crippen molar-refractivity contribution in [3.05, 3.63) is 71.2 Å². The Morgan fingerprint density at radius 1 is 1.11 bits per heavy atom. The monoisotopic (exact) mass is 361 g/mol. The minimum Gasteiger partial charge on any atom is -0.343 e. The highest BCUT2D eigenvalue weighted by atomic mass is 16.2. The van der Waals surface area contributed by atoms with E-state index in [2.05, 4.69) is 65.8 Å². The maximum atomic E-state index is 13.1. The first-order valence-electron chi connectivity index (χ1n) is 9.90. The third kappa shape index (κ3) is 3.61. The first-order chi connectivity index (χ1) is 13.1. The zero-order valence-electron chi connectivity index (χ0n) is 16.2. The van der Waals surface area contributed by atoms with Gasteiger partial charge in [-0.3, -0.25) is 4.79 Å². The first kappa shape index (κ1) is 17.8. The fraction of sp³-hybridized carbons (Fsp3) is 0.391. The summed E-state index contributed by atoms with van der Waals surface area (Å²) in [7, 11) is 0. The van der Waals surface area contributed by atoms with E-state index in [4.69, 9.17) is 0 Å². The van der Waals surface area contributed by atoms with E-state index >= 15 is 0 Å². The normalized spacial score (nSPS) is 15.9. The van der Waals surface area contributed by atoms with Gasteiger partial charge in [0.1, 0.15) is 5.65 Å². The molecule has 140 valence electrons. The fourth-order valence-electron chi connectivity index (χ4n) is 4.16. The molecule has 27 heavy (non-hydrogen) atoms. The van der Waals surface area contributed by atoms with Crippen LogP contribution in [0.5, 0.6) is 0 Å². The number of piperidine rings is 1. The molecule has 0 aliphatic carbocycles. The van der Waals surface area contributed by atoms with Crippen molar-refractivity contribution in [2.75, 3.05) is 13.1 Å². The number of benzene rings is 1. The average molecular weight is 361 g/mol. The molecule has 0 N–H and O–H groups in total. The van der Waals surface area contributed by atoms with Gasteiger partial charge in [0, 0.05) is 37.8 Å². The topological polar surface area (TPSA) is 37.6 Å². The number of hydrogen-bond donors (Lipinski definition) is 0. The summed E-state index contributed by atoms with van der Waals surface area (Å²) >= 11 is 0. The van der Waals surface area contributed by atoms with Crippen LogP contribution in [0.25, 0.3) is 5.65 Å². The third-order valence-corrected chi connectivity index (χ3v) is 5.71. The molecule has 4 rings (SSSR count). The zero-order valence-corrected chi connectivity index (χ0v) is 16.2. The van der Waals surface area contributed by atoms with Crippen LogP contribution in [0.2, 0.25) is 0 Å². The van der Waals surface area contributed by atoms with E-state index in [1.54, 1.807) is 0 Å².